The summed E-state index contributed by atoms with van der Waals surface area (Å²) >= 11 is 0. The second kappa shape index (κ2) is 17.7. The first-order chi connectivity index (χ1) is 27.1. The molecule has 4 aliphatic carbocycles. The van der Waals surface area contributed by atoms with Gasteiger partial charge in [-0.1, -0.05) is 46.3 Å². The molecule has 0 aromatic heterocycles. The maximum absolute atomic E-state index is 12.8. The number of fused-ring (bicyclic) bond motifs is 5. The van der Waals surface area contributed by atoms with E-state index in [1.54, 1.807) is 0 Å². The lowest BCUT2D eigenvalue weighted by molar-refractivity contribution is -0.344. The van der Waals surface area contributed by atoms with Crippen LogP contribution in [0.25, 0.3) is 0 Å². The van der Waals surface area contributed by atoms with E-state index >= 15 is 0 Å². The minimum absolute atomic E-state index is 0.00593. The van der Waals surface area contributed by atoms with Gasteiger partial charge in [-0.25, -0.2) is 4.18 Å². The fraction of sp³-hybridized carbons (Fsp3) is 0.950. The molecule has 9 N–H and O–H groups in total. The molecule has 2 aliphatic heterocycles. The minimum Gasteiger partial charge on any atom is -0.393 e. The Balaban J connectivity index is 1.13. The number of aliphatic hydroxyl groups excluding tert-OH is 7. The van der Waals surface area contributed by atoms with Gasteiger partial charge in [0.15, 0.2) is 12.6 Å². The number of hydrogen-bond acceptors (Lipinski definition) is 16. The van der Waals surface area contributed by atoms with Crippen LogP contribution in [0.2, 0.25) is 0 Å². The SMILES string of the molecule is CO[C@H]1[C@H](O[C@H]2[C@H](OC/C=C(\CC[C@@H](C)[C@H]3C[C@@H](O)[C@@H]4[C@]3(C)CC[C@H]3[C@@]4(O)C[C@H](OS(=O)(=O)O)C4[C@@H](O)[C@@H](O)CC[C@@]43C)C(C)C)OC[C@@H](O)[C@@H]2O)OC[C@@H](O)[C@@H]1O. The van der Waals surface area contributed by atoms with Crippen molar-refractivity contribution in [2.24, 2.45) is 46.3 Å². The van der Waals surface area contributed by atoms with Gasteiger partial charge in [-0.2, -0.15) is 8.42 Å². The summed E-state index contributed by atoms with van der Waals surface area (Å²) in [7, 11) is -3.65. The van der Waals surface area contributed by atoms with Crippen LogP contribution in [0.5, 0.6) is 0 Å². The molecule has 0 amide bonds. The molecule has 6 aliphatic rings. The van der Waals surface area contributed by atoms with Gasteiger partial charge < -0.3 is 64.5 Å². The van der Waals surface area contributed by atoms with Crippen molar-refractivity contribution >= 4 is 10.4 Å². The minimum atomic E-state index is -4.98. The van der Waals surface area contributed by atoms with Crippen LogP contribution in [-0.2, 0) is 38.3 Å². The molecule has 6 rings (SSSR count). The largest absolute Gasteiger partial charge is 0.397 e. The molecule has 20 atom stereocenters. The normalized spacial score (nSPS) is 49.3. The summed E-state index contributed by atoms with van der Waals surface area (Å²) < 4.78 is 67.7. The number of hydrogen-bond donors (Lipinski definition) is 9. The van der Waals surface area contributed by atoms with Crippen LogP contribution in [0, 0.1) is 46.3 Å². The quantitative estimate of drug-likeness (QED) is 0.0898. The van der Waals surface area contributed by atoms with Gasteiger partial charge in [-0.15, -0.1) is 0 Å². The predicted octanol–water partition coefficient (Wildman–Crippen LogP) is 0.432. The van der Waals surface area contributed by atoms with E-state index in [9.17, 15) is 53.8 Å². The van der Waals surface area contributed by atoms with Crippen LogP contribution in [-0.4, -0.2) is 160 Å². The van der Waals surface area contributed by atoms with Crippen molar-refractivity contribution in [3.8, 4) is 0 Å². The molecule has 6 fully saturated rings. The maximum atomic E-state index is 12.8. The highest BCUT2D eigenvalue weighted by atomic mass is 32.3. The molecule has 336 valence electrons. The molecular formula is C40H68O17S. The Morgan fingerprint density at radius 3 is 2.09 bits per heavy atom. The van der Waals surface area contributed by atoms with Gasteiger partial charge in [0, 0.05) is 25.4 Å². The van der Waals surface area contributed by atoms with Crippen LogP contribution >= 0.6 is 0 Å². The van der Waals surface area contributed by atoms with E-state index in [1.165, 1.54) is 7.11 Å². The molecule has 1 unspecified atom stereocenters. The van der Waals surface area contributed by atoms with E-state index in [0.29, 0.717) is 32.1 Å². The van der Waals surface area contributed by atoms with Gasteiger partial charge in [-0.3, -0.25) is 4.55 Å². The zero-order valence-corrected chi connectivity index (χ0v) is 35.3. The molecule has 0 spiro atoms. The lowest BCUT2D eigenvalue weighted by Gasteiger charge is -2.66. The fourth-order valence-corrected chi connectivity index (χ4v) is 13.0. The molecule has 17 nitrogen and oxygen atoms in total. The predicted molar refractivity (Wildman–Crippen MR) is 204 cm³/mol. The van der Waals surface area contributed by atoms with Crippen molar-refractivity contribution in [1.29, 1.82) is 0 Å². The molecule has 0 aromatic carbocycles. The lowest BCUT2D eigenvalue weighted by Crippen LogP contribution is -2.71. The number of methoxy groups -OCH3 is 1. The van der Waals surface area contributed by atoms with E-state index < -0.39 is 118 Å². The smallest absolute Gasteiger partial charge is 0.393 e. The molecular weight excluding hydrogens is 784 g/mol. The van der Waals surface area contributed by atoms with E-state index in [4.69, 9.17) is 27.9 Å². The van der Waals surface area contributed by atoms with Crippen molar-refractivity contribution in [1.82, 2.24) is 0 Å². The molecule has 0 radical (unpaired) electrons. The van der Waals surface area contributed by atoms with Crippen molar-refractivity contribution < 1.29 is 81.7 Å². The summed E-state index contributed by atoms with van der Waals surface area (Å²) in [6.07, 6.45) is -8.79. The molecule has 2 heterocycles. The highest BCUT2D eigenvalue weighted by Gasteiger charge is 2.72. The average molecular weight is 853 g/mol. The molecule has 2 saturated heterocycles. The first-order valence-corrected chi connectivity index (χ1v) is 22.3. The molecule has 0 aromatic rings. The second-order valence-electron chi connectivity index (χ2n) is 19.0. The van der Waals surface area contributed by atoms with Gasteiger partial charge >= 0.3 is 10.4 Å². The van der Waals surface area contributed by atoms with Crippen LogP contribution in [0.4, 0.5) is 0 Å². The van der Waals surface area contributed by atoms with Gasteiger partial charge in [0.2, 0.25) is 0 Å². The van der Waals surface area contributed by atoms with Crippen LogP contribution < -0.4 is 0 Å². The zero-order chi connectivity index (χ0) is 42.7. The number of ether oxygens (including phenoxy) is 5. The van der Waals surface area contributed by atoms with E-state index in [-0.39, 0.29) is 50.4 Å². The van der Waals surface area contributed by atoms with Gasteiger partial charge in [-0.05, 0) is 79.4 Å². The van der Waals surface area contributed by atoms with Crippen LogP contribution in [0.1, 0.15) is 86.0 Å². The Morgan fingerprint density at radius 1 is 0.845 bits per heavy atom. The zero-order valence-electron chi connectivity index (χ0n) is 34.4. The standard InChI is InChI=1S/C40H68O17S/c1-19(2)21(11-14-53-36-34(32(47)26(44)17-54-36)56-37-33(52-6)31(46)25(43)18-55-37)8-7-20(3)22-15-24(42)35-38(22,4)13-10-28-39(5)12-9-23(41)30(45)29(39)27(16-40(28,35)48)57-58(49,50)51/h11,19-20,22-37,41-48H,7-10,12-18H2,1-6H3,(H,49,50,51)/b21-11+/t20-,22-,23+,24-,25-,26-,27+,28-,29?,30+,31+,32+,33-,34-,35-,36-,37+,38-,39-,40+/m1/s1. The average Bonchev–Trinajstić information content (AvgIpc) is 3.42. The number of aliphatic hydroxyl groups is 8. The maximum Gasteiger partial charge on any atom is 0.397 e. The third-order valence-corrected chi connectivity index (χ3v) is 15.9. The Morgan fingerprint density at radius 2 is 1.47 bits per heavy atom. The monoisotopic (exact) mass is 852 g/mol. The molecule has 4 saturated carbocycles. The van der Waals surface area contributed by atoms with Crippen molar-refractivity contribution in [2.45, 2.75) is 165 Å². The Bertz CT molecular complexity index is 1550. The summed E-state index contributed by atoms with van der Waals surface area (Å²) in [5, 5.41) is 88.1. The Hall–Kier alpha value is -0.910. The van der Waals surface area contributed by atoms with Crippen LogP contribution in [0.3, 0.4) is 0 Å². The lowest BCUT2D eigenvalue weighted by atomic mass is 9.41. The third kappa shape index (κ3) is 8.70. The molecule has 18 heteroatoms. The Labute approximate surface area is 341 Å². The van der Waals surface area contributed by atoms with Crippen molar-refractivity contribution in [3.63, 3.8) is 0 Å². The molecule has 58 heavy (non-hydrogen) atoms. The van der Waals surface area contributed by atoms with E-state index in [2.05, 4.69) is 27.7 Å². The first kappa shape index (κ1) is 46.6. The third-order valence-electron chi connectivity index (χ3n) is 15.4. The number of rotatable bonds is 13. The highest BCUT2D eigenvalue weighted by Crippen LogP contribution is 2.70. The Kier molecular flexibility index (Phi) is 14.2. The molecule has 0 bridgehead atoms. The fourth-order valence-electron chi connectivity index (χ4n) is 12.5. The van der Waals surface area contributed by atoms with Crippen molar-refractivity contribution in [3.05, 3.63) is 11.6 Å². The summed E-state index contributed by atoms with van der Waals surface area (Å²) in [5.74, 6) is -1.65. The second-order valence-corrected chi connectivity index (χ2v) is 20.0. The summed E-state index contributed by atoms with van der Waals surface area (Å²) in [6.45, 7) is 9.95. The number of allylic oxidation sites excluding steroid dienone is 1. The van der Waals surface area contributed by atoms with Gasteiger partial charge in [0.25, 0.3) is 0 Å². The summed E-state index contributed by atoms with van der Waals surface area (Å²) in [6, 6.07) is 0. The van der Waals surface area contributed by atoms with Gasteiger partial charge in [0.1, 0.15) is 36.6 Å². The van der Waals surface area contributed by atoms with E-state index in [1.807, 2.05) is 13.0 Å². The van der Waals surface area contributed by atoms with Gasteiger partial charge in [0.05, 0.1) is 49.8 Å². The topological polar surface area (TPSA) is 272 Å². The summed E-state index contributed by atoms with van der Waals surface area (Å²) in [4.78, 5) is 0. The van der Waals surface area contributed by atoms with Crippen molar-refractivity contribution in [2.75, 3.05) is 26.9 Å². The first-order valence-electron chi connectivity index (χ1n) is 20.9. The summed E-state index contributed by atoms with van der Waals surface area (Å²) in [5.41, 5.74) is -1.82. The van der Waals surface area contributed by atoms with Crippen LogP contribution in [0.15, 0.2) is 11.6 Å². The highest BCUT2D eigenvalue weighted by molar-refractivity contribution is 7.80. The van der Waals surface area contributed by atoms with E-state index in [0.717, 1.165) is 12.0 Å².